The molecule has 1 saturated heterocycles. The predicted molar refractivity (Wildman–Crippen MR) is 128 cm³/mol. The zero-order chi connectivity index (χ0) is 22.0. The number of fused-ring (bicyclic) bond motifs is 3. The summed E-state index contributed by atoms with van der Waals surface area (Å²) in [4.78, 5) is 26.8. The van der Waals surface area contributed by atoms with Crippen LogP contribution in [-0.4, -0.2) is 21.3 Å². The number of benzene rings is 2. The monoisotopic (exact) mass is 572 g/mol. The molecule has 0 aromatic heterocycles. The van der Waals surface area contributed by atoms with Crippen LogP contribution in [-0.2, 0) is 15.0 Å². The quantitative estimate of drug-likeness (QED) is 0.356. The number of anilines is 1. The predicted octanol–water partition coefficient (Wildman–Crippen LogP) is 5.74. The topological polar surface area (TPSA) is 58.2 Å². The second-order valence-electron chi connectivity index (χ2n) is 8.64. The third-order valence-electron chi connectivity index (χ3n) is 7.27. The maximum Gasteiger partial charge on any atom is 0.237 e. The van der Waals surface area contributed by atoms with Gasteiger partial charge in [-0.1, -0.05) is 60.7 Å². The number of hydrogen-bond donors (Lipinski definition) is 2. The highest BCUT2D eigenvalue weighted by atomic mass is 127. The number of hydrogen-bond acceptors (Lipinski definition) is 3. The van der Waals surface area contributed by atoms with E-state index in [-0.39, 0.29) is 20.3 Å². The lowest BCUT2D eigenvalue weighted by atomic mass is 9.55. The molecule has 1 aliphatic carbocycles. The summed E-state index contributed by atoms with van der Waals surface area (Å²) in [5.41, 5.74) is -0.140. The summed E-state index contributed by atoms with van der Waals surface area (Å²) in [6.07, 6.45) is 4.37. The van der Waals surface area contributed by atoms with Crippen molar-refractivity contribution in [2.75, 3.05) is 5.32 Å². The van der Waals surface area contributed by atoms with Crippen LogP contribution in [0, 0.1) is 5.82 Å². The minimum atomic E-state index is -1.15. The summed E-state index contributed by atoms with van der Waals surface area (Å²) in [5, 5.41) is 7.05. The third-order valence-corrected chi connectivity index (χ3v) is 8.47. The standard InChI is InChI=1S/C23H20Cl2FIN2O2/c24-12-7-8-14-16(11-12)28-21(31)23(14)17(13-5-4-6-15(25)18(13)26)19(20(27)30)29-22(23)9-2-1-3-10-22/h4-8,11,17,19,29H,1-3,9-10H2,(H,28,31)/t17-,19+,23+/m0/s1. The Morgan fingerprint density at radius 3 is 2.58 bits per heavy atom. The zero-order valence-electron chi connectivity index (χ0n) is 16.5. The fourth-order valence-corrected chi connectivity index (χ4v) is 7.06. The van der Waals surface area contributed by atoms with E-state index >= 15 is 4.39 Å². The first-order valence-electron chi connectivity index (χ1n) is 10.3. The SMILES string of the molecule is O=C(I)[C@@H]1NC2(CCCCC2)[C@@]2(C(=O)Nc3cc(Cl)ccc32)[C@H]1c1cccc(Cl)c1F. The summed E-state index contributed by atoms with van der Waals surface area (Å²) >= 11 is 14.1. The Hall–Kier alpha value is -1.22. The first-order valence-corrected chi connectivity index (χ1v) is 12.2. The molecule has 2 heterocycles. The molecular formula is C23H20Cl2FIN2O2. The Morgan fingerprint density at radius 1 is 1.13 bits per heavy atom. The van der Waals surface area contributed by atoms with Gasteiger partial charge in [0.1, 0.15) is 11.2 Å². The van der Waals surface area contributed by atoms with Crippen LogP contribution in [0.3, 0.4) is 0 Å². The van der Waals surface area contributed by atoms with Crippen LogP contribution in [0.5, 0.6) is 0 Å². The molecule has 2 aromatic rings. The van der Waals surface area contributed by atoms with Crippen LogP contribution in [0.1, 0.15) is 49.1 Å². The van der Waals surface area contributed by atoms with Crippen molar-refractivity contribution in [3.8, 4) is 0 Å². The van der Waals surface area contributed by atoms with Gasteiger partial charge < -0.3 is 5.32 Å². The molecule has 3 aliphatic rings. The van der Waals surface area contributed by atoms with Gasteiger partial charge in [-0.2, -0.15) is 0 Å². The Bertz CT molecular complexity index is 1100. The van der Waals surface area contributed by atoms with Gasteiger partial charge in [-0.25, -0.2) is 4.39 Å². The van der Waals surface area contributed by atoms with Gasteiger partial charge >= 0.3 is 0 Å². The Labute approximate surface area is 203 Å². The molecule has 8 heteroatoms. The molecule has 162 valence electrons. The molecule has 2 spiro atoms. The Morgan fingerprint density at radius 2 is 1.87 bits per heavy atom. The highest BCUT2D eigenvalue weighted by molar-refractivity contribution is 14.1. The van der Waals surface area contributed by atoms with Gasteiger partial charge in [0.25, 0.3) is 0 Å². The van der Waals surface area contributed by atoms with Crippen LogP contribution in [0.4, 0.5) is 10.1 Å². The van der Waals surface area contributed by atoms with Gasteiger partial charge in [-0.15, -0.1) is 0 Å². The molecule has 1 saturated carbocycles. The summed E-state index contributed by atoms with van der Waals surface area (Å²) < 4.78 is 15.3. The second kappa shape index (κ2) is 7.68. The first-order chi connectivity index (χ1) is 14.8. The molecule has 0 unspecified atom stereocenters. The van der Waals surface area contributed by atoms with E-state index < -0.39 is 28.7 Å². The molecule has 0 bridgehead atoms. The van der Waals surface area contributed by atoms with Crippen molar-refractivity contribution < 1.29 is 14.0 Å². The van der Waals surface area contributed by atoms with Crippen molar-refractivity contribution in [1.29, 1.82) is 0 Å². The zero-order valence-corrected chi connectivity index (χ0v) is 20.2. The number of amides is 1. The van der Waals surface area contributed by atoms with Crippen LogP contribution < -0.4 is 10.6 Å². The maximum atomic E-state index is 15.4. The molecule has 31 heavy (non-hydrogen) atoms. The number of carbonyl (C=O) groups excluding carboxylic acids is 2. The highest BCUT2D eigenvalue weighted by Gasteiger charge is 2.72. The minimum absolute atomic E-state index is 0.0216. The summed E-state index contributed by atoms with van der Waals surface area (Å²) in [7, 11) is 0. The van der Waals surface area contributed by atoms with Crippen molar-refractivity contribution >= 4 is 61.2 Å². The van der Waals surface area contributed by atoms with E-state index in [9.17, 15) is 9.59 Å². The lowest BCUT2D eigenvalue weighted by Crippen LogP contribution is -2.60. The van der Waals surface area contributed by atoms with Gasteiger partial charge in [-0.05, 0) is 42.2 Å². The van der Waals surface area contributed by atoms with Gasteiger partial charge in [0.05, 0.1) is 11.1 Å². The van der Waals surface area contributed by atoms with E-state index in [0.717, 1.165) is 37.7 Å². The molecule has 1 amide bonds. The highest BCUT2D eigenvalue weighted by Crippen LogP contribution is 2.63. The molecule has 2 aliphatic heterocycles. The molecule has 2 aromatic carbocycles. The van der Waals surface area contributed by atoms with Crippen molar-refractivity contribution in [1.82, 2.24) is 5.32 Å². The Kier molecular flexibility index (Phi) is 5.35. The lowest BCUT2D eigenvalue weighted by molar-refractivity contribution is -0.124. The summed E-state index contributed by atoms with van der Waals surface area (Å²) in [6.45, 7) is 0. The average molecular weight is 573 g/mol. The second-order valence-corrected chi connectivity index (χ2v) is 10.5. The third kappa shape index (κ3) is 2.94. The lowest BCUT2D eigenvalue weighted by Gasteiger charge is -2.47. The fourth-order valence-electron chi connectivity index (χ4n) is 6.19. The van der Waals surface area contributed by atoms with Crippen LogP contribution in [0.15, 0.2) is 36.4 Å². The fraction of sp³-hybridized carbons (Fsp3) is 0.391. The van der Waals surface area contributed by atoms with E-state index in [4.69, 9.17) is 23.2 Å². The first kappa shape index (κ1) is 21.6. The molecule has 4 nitrogen and oxygen atoms in total. The van der Waals surface area contributed by atoms with E-state index in [1.807, 2.05) is 6.07 Å². The number of rotatable bonds is 2. The van der Waals surface area contributed by atoms with Gasteiger partial charge in [0.15, 0.2) is 0 Å². The summed E-state index contributed by atoms with van der Waals surface area (Å²) in [5.74, 6) is -1.54. The number of carbonyl (C=O) groups is 2. The van der Waals surface area contributed by atoms with Gasteiger partial charge in [0.2, 0.25) is 9.70 Å². The van der Waals surface area contributed by atoms with Crippen molar-refractivity contribution in [2.24, 2.45) is 0 Å². The summed E-state index contributed by atoms with van der Waals surface area (Å²) in [6, 6.07) is 9.40. The molecule has 3 atom stereocenters. The normalized spacial score (nSPS) is 28.7. The van der Waals surface area contributed by atoms with Gasteiger partial charge in [-0.3, -0.25) is 14.9 Å². The average Bonchev–Trinajstić information content (AvgIpc) is 3.18. The van der Waals surface area contributed by atoms with Crippen LogP contribution >= 0.6 is 45.8 Å². The van der Waals surface area contributed by atoms with E-state index in [2.05, 4.69) is 10.6 Å². The van der Waals surface area contributed by atoms with E-state index in [0.29, 0.717) is 10.7 Å². The van der Waals surface area contributed by atoms with Crippen molar-refractivity contribution in [3.63, 3.8) is 0 Å². The molecule has 0 radical (unpaired) electrons. The number of nitrogens with one attached hydrogen (secondary N) is 2. The molecule has 2 N–H and O–H groups in total. The number of halogens is 4. The van der Waals surface area contributed by atoms with Crippen molar-refractivity contribution in [2.45, 2.75) is 55.0 Å². The van der Waals surface area contributed by atoms with Crippen LogP contribution in [0.25, 0.3) is 0 Å². The van der Waals surface area contributed by atoms with E-state index in [1.165, 1.54) is 6.07 Å². The minimum Gasteiger partial charge on any atom is -0.325 e. The van der Waals surface area contributed by atoms with Crippen molar-refractivity contribution in [3.05, 3.63) is 63.4 Å². The van der Waals surface area contributed by atoms with Crippen LogP contribution in [0.2, 0.25) is 10.0 Å². The smallest absolute Gasteiger partial charge is 0.237 e. The molecular weight excluding hydrogens is 553 g/mol. The largest absolute Gasteiger partial charge is 0.325 e. The molecule has 5 rings (SSSR count). The van der Waals surface area contributed by atoms with E-state index in [1.54, 1.807) is 46.9 Å². The van der Waals surface area contributed by atoms with Gasteiger partial charge in [0, 0.05) is 44.8 Å². The Balaban J connectivity index is 1.86. The molecule has 2 fully saturated rings. The maximum absolute atomic E-state index is 15.4.